The van der Waals surface area contributed by atoms with Crippen LogP contribution >= 0.6 is 0 Å². The van der Waals surface area contributed by atoms with E-state index in [2.05, 4.69) is 37.1 Å². The van der Waals surface area contributed by atoms with Gasteiger partial charge in [-0.2, -0.15) is 0 Å². The summed E-state index contributed by atoms with van der Waals surface area (Å²) in [4.78, 5) is 23.8. The van der Waals surface area contributed by atoms with E-state index in [1.807, 2.05) is 17.0 Å². The summed E-state index contributed by atoms with van der Waals surface area (Å²) in [5, 5.41) is 0. The molecule has 1 aromatic carbocycles. The second kappa shape index (κ2) is 11.3. The van der Waals surface area contributed by atoms with E-state index in [4.69, 9.17) is 20.2 Å². The van der Waals surface area contributed by atoms with E-state index in [1.165, 1.54) is 19.2 Å². The third-order valence-corrected chi connectivity index (χ3v) is 7.87. The Morgan fingerprint density at radius 3 is 2.39 bits per heavy atom. The van der Waals surface area contributed by atoms with Crippen molar-refractivity contribution in [1.82, 2.24) is 9.71 Å². The molecule has 2 aromatic rings. The zero-order chi connectivity index (χ0) is 28.3. The fraction of sp³-hybridized carbons (Fsp3) is 0.370. The van der Waals surface area contributed by atoms with Crippen LogP contribution in [0.5, 0.6) is 11.5 Å². The van der Waals surface area contributed by atoms with E-state index >= 15 is 0 Å². The van der Waals surface area contributed by atoms with Gasteiger partial charge in [-0.25, -0.2) is 23.1 Å². The van der Waals surface area contributed by atoms with Crippen LogP contribution < -0.4 is 24.8 Å². The van der Waals surface area contributed by atoms with Crippen molar-refractivity contribution in [1.29, 1.82) is 0 Å². The van der Waals surface area contributed by atoms with E-state index in [1.54, 1.807) is 32.4 Å². The van der Waals surface area contributed by atoms with Crippen molar-refractivity contribution in [3.05, 3.63) is 59.3 Å². The van der Waals surface area contributed by atoms with E-state index in [0.717, 1.165) is 12.0 Å². The summed E-state index contributed by atoms with van der Waals surface area (Å²) >= 11 is 0. The van der Waals surface area contributed by atoms with Gasteiger partial charge in [0.2, 0.25) is 0 Å². The number of ether oxygens (including phenoxy) is 2. The molecule has 1 saturated heterocycles. The maximum atomic E-state index is 13.4. The number of aromatic nitrogens is 1. The molecule has 3 N–H and O–H groups in total. The molecule has 0 radical (unpaired) electrons. The lowest BCUT2D eigenvalue weighted by Crippen LogP contribution is -2.41. The topological polar surface area (TPSA) is 136 Å². The number of pyridine rings is 1. The number of carbonyl (C=O) groups excluding carboxylic acids is 1. The Morgan fingerprint density at radius 2 is 1.87 bits per heavy atom. The van der Waals surface area contributed by atoms with Crippen molar-refractivity contribution < 1.29 is 22.7 Å². The van der Waals surface area contributed by atoms with Crippen molar-refractivity contribution >= 4 is 28.0 Å². The van der Waals surface area contributed by atoms with Crippen molar-refractivity contribution in [2.24, 2.45) is 16.6 Å². The van der Waals surface area contributed by atoms with Gasteiger partial charge in [0.15, 0.2) is 0 Å². The molecule has 11 heteroatoms. The average Bonchev–Trinajstić information content (AvgIpc) is 3.16. The second-order valence-electron chi connectivity index (χ2n) is 9.79. The maximum Gasteiger partial charge on any atom is 0.268 e. The largest absolute Gasteiger partial charge is 0.497 e. The Bertz CT molecular complexity index is 1380. The number of aliphatic imine (C=N–C) groups is 1. The number of rotatable bonds is 9. The molecule has 1 aliphatic rings. The number of carbonyl (C=O) groups is 1. The van der Waals surface area contributed by atoms with Crippen LogP contribution in [0, 0.1) is 5.92 Å². The number of methoxy groups -OCH3 is 2. The minimum absolute atomic E-state index is 0.121. The van der Waals surface area contributed by atoms with Gasteiger partial charge in [-0.05, 0) is 57.4 Å². The van der Waals surface area contributed by atoms with E-state index in [0.29, 0.717) is 35.5 Å². The first-order chi connectivity index (χ1) is 17.8. The average molecular weight is 542 g/mol. The van der Waals surface area contributed by atoms with Gasteiger partial charge in [0.25, 0.3) is 15.9 Å². The first-order valence-electron chi connectivity index (χ1n) is 12.0. The Morgan fingerprint density at radius 1 is 1.24 bits per heavy atom. The molecule has 204 valence electrons. The summed E-state index contributed by atoms with van der Waals surface area (Å²) in [7, 11) is -1.15. The van der Waals surface area contributed by atoms with E-state index < -0.39 is 15.9 Å². The number of nitrogens with one attached hydrogen (secondary N) is 1. The van der Waals surface area contributed by atoms with Crippen LogP contribution in [0.25, 0.3) is 11.3 Å². The zero-order valence-electron chi connectivity index (χ0n) is 22.6. The molecule has 1 aromatic heterocycles. The van der Waals surface area contributed by atoms with Crippen LogP contribution in [-0.2, 0) is 10.0 Å². The summed E-state index contributed by atoms with van der Waals surface area (Å²) in [5.74, 6) is 0.831. The van der Waals surface area contributed by atoms with Crippen LogP contribution in [-0.4, -0.2) is 51.8 Å². The quantitative estimate of drug-likeness (QED) is 0.457. The highest BCUT2D eigenvalue weighted by atomic mass is 32.2. The standard InChI is InChI=1S/C27H35N5O5S/c1-8-11-29-24(28)18(3)38(34,35)31-26(33)22-9-10-23(19-12-20(36-6)14-21(13-19)37-7)30-25(22)32-16-17(2)15-27(32,4)5/h8-14,17H,1,15-16,28H2,2-7H3,(H,31,33)/b24-18+,29-11-/t17-/m0/s1. The molecule has 0 saturated carbocycles. The van der Waals surface area contributed by atoms with Crippen LogP contribution in [0.3, 0.4) is 0 Å². The van der Waals surface area contributed by atoms with Gasteiger partial charge in [-0.1, -0.05) is 19.6 Å². The van der Waals surface area contributed by atoms with Crippen LogP contribution in [0.4, 0.5) is 5.82 Å². The van der Waals surface area contributed by atoms with Crippen molar-refractivity contribution in [2.45, 2.75) is 39.7 Å². The predicted octanol–water partition coefficient (Wildman–Crippen LogP) is 3.85. The smallest absolute Gasteiger partial charge is 0.268 e. The van der Waals surface area contributed by atoms with Crippen molar-refractivity contribution in [3.63, 3.8) is 0 Å². The van der Waals surface area contributed by atoms with Gasteiger partial charge in [0.1, 0.15) is 28.0 Å². The first kappa shape index (κ1) is 28.7. The molecular weight excluding hydrogens is 506 g/mol. The number of hydrogen-bond acceptors (Lipinski definition) is 9. The molecule has 0 bridgehead atoms. The molecule has 0 aliphatic carbocycles. The number of hydrogen-bond donors (Lipinski definition) is 2. The van der Waals surface area contributed by atoms with Gasteiger partial charge in [-0.3, -0.25) is 4.79 Å². The summed E-state index contributed by atoms with van der Waals surface area (Å²) in [5.41, 5.74) is 6.88. The molecule has 0 spiro atoms. The van der Waals surface area contributed by atoms with Gasteiger partial charge < -0.3 is 20.1 Å². The predicted molar refractivity (Wildman–Crippen MR) is 150 cm³/mol. The molecule has 1 aliphatic heterocycles. The molecule has 3 rings (SSSR count). The number of sulfonamides is 1. The fourth-order valence-corrected chi connectivity index (χ4v) is 5.36. The van der Waals surface area contributed by atoms with Crippen molar-refractivity contribution in [3.8, 4) is 22.8 Å². The Kier molecular flexibility index (Phi) is 8.51. The van der Waals surface area contributed by atoms with Crippen molar-refractivity contribution in [2.75, 3.05) is 25.7 Å². The molecule has 1 fully saturated rings. The molecule has 38 heavy (non-hydrogen) atoms. The van der Waals surface area contributed by atoms with Gasteiger partial charge in [0, 0.05) is 29.9 Å². The minimum Gasteiger partial charge on any atom is -0.497 e. The number of nitrogens with two attached hydrogens (primary N) is 1. The number of anilines is 1. The van der Waals surface area contributed by atoms with E-state index in [9.17, 15) is 13.2 Å². The fourth-order valence-electron chi connectivity index (χ4n) is 4.52. The van der Waals surface area contributed by atoms with E-state index in [-0.39, 0.29) is 21.8 Å². The van der Waals surface area contributed by atoms with Gasteiger partial charge in [0.05, 0.1) is 25.5 Å². The number of amides is 1. The number of nitrogens with zero attached hydrogens (tertiary/aromatic N) is 3. The third-order valence-electron chi connectivity index (χ3n) is 6.41. The molecule has 1 atom stereocenters. The third kappa shape index (κ3) is 6.16. The Hall–Kier alpha value is -3.86. The lowest BCUT2D eigenvalue weighted by Gasteiger charge is -2.34. The summed E-state index contributed by atoms with van der Waals surface area (Å²) < 4.78 is 38.8. The normalized spacial score (nSPS) is 17.7. The molecular formula is C27H35N5O5S. The van der Waals surface area contributed by atoms with Gasteiger partial charge >= 0.3 is 0 Å². The summed E-state index contributed by atoms with van der Waals surface area (Å²) in [6, 6.07) is 8.63. The lowest BCUT2D eigenvalue weighted by atomic mass is 9.97. The summed E-state index contributed by atoms with van der Waals surface area (Å²) in [6.07, 6.45) is 3.51. The number of benzene rings is 1. The second-order valence-corrected chi connectivity index (χ2v) is 11.6. The van der Waals surface area contributed by atoms with Crippen LogP contribution in [0.15, 0.2) is 58.7 Å². The zero-order valence-corrected chi connectivity index (χ0v) is 23.4. The first-order valence-corrected chi connectivity index (χ1v) is 13.5. The van der Waals surface area contributed by atoms with Crippen LogP contribution in [0.1, 0.15) is 44.5 Å². The lowest BCUT2D eigenvalue weighted by molar-refractivity contribution is 0.0981. The highest BCUT2D eigenvalue weighted by Gasteiger charge is 2.39. The summed E-state index contributed by atoms with van der Waals surface area (Å²) in [6.45, 7) is 11.7. The number of allylic oxidation sites excluding steroid dienone is 2. The molecule has 0 unspecified atom stereocenters. The Balaban J connectivity index is 2.12. The monoisotopic (exact) mass is 541 g/mol. The highest BCUT2D eigenvalue weighted by molar-refractivity contribution is 7.93. The Labute approximate surface area is 224 Å². The maximum absolute atomic E-state index is 13.4. The molecule has 10 nitrogen and oxygen atoms in total. The molecule has 2 heterocycles. The van der Waals surface area contributed by atoms with Crippen LogP contribution in [0.2, 0.25) is 0 Å². The highest BCUT2D eigenvalue weighted by Crippen LogP contribution is 2.39. The van der Waals surface area contributed by atoms with Gasteiger partial charge in [-0.15, -0.1) is 0 Å². The SMILES string of the molecule is C=C/C=N\C(N)=C(/C)S(=O)(=O)NC(=O)c1ccc(-c2cc(OC)cc(OC)c2)nc1N1C[C@@H](C)CC1(C)C. The minimum atomic E-state index is -4.27. The molecule has 1 amide bonds.